The van der Waals surface area contributed by atoms with Gasteiger partial charge in [0.2, 0.25) is 0 Å². The molecule has 242 valence electrons. The number of halogens is 1. The maximum absolute atomic E-state index is 13.7. The molecule has 1 spiro atoms. The van der Waals surface area contributed by atoms with Crippen molar-refractivity contribution in [3.05, 3.63) is 72.3 Å². The average Bonchev–Trinajstić information content (AvgIpc) is 3.05. The SMILES string of the molecule is C#C.C=CC(C(/C=C/C=C1\CC2(CCC2)CN2C1NNCC2C1C=CC(F)=CC1)OC)N(C)C/C=C(\N)CC.CC.CC. The predicted octanol–water partition coefficient (Wildman–Crippen LogP) is 6.63. The molecule has 0 aromatic heterocycles. The summed E-state index contributed by atoms with van der Waals surface area (Å²) in [6.07, 6.45) is 30.6. The summed E-state index contributed by atoms with van der Waals surface area (Å²) in [5.41, 5.74) is 15.7. The van der Waals surface area contributed by atoms with Crippen LogP contribution in [0.1, 0.15) is 73.1 Å². The van der Waals surface area contributed by atoms with Crippen molar-refractivity contribution in [1.29, 1.82) is 0 Å². The molecule has 1 saturated carbocycles. The second-order valence-electron chi connectivity index (χ2n) is 11.2. The van der Waals surface area contributed by atoms with Crippen LogP contribution in [0.3, 0.4) is 0 Å². The molecule has 4 rings (SSSR count). The molecule has 0 aromatic carbocycles. The predicted molar refractivity (Wildman–Crippen MR) is 183 cm³/mol. The van der Waals surface area contributed by atoms with Crippen LogP contribution in [0.2, 0.25) is 0 Å². The zero-order valence-electron chi connectivity index (χ0n) is 28.0. The van der Waals surface area contributed by atoms with Crippen molar-refractivity contribution in [3.63, 3.8) is 0 Å². The van der Waals surface area contributed by atoms with E-state index in [1.165, 1.54) is 24.8 Å². The number of terminal acetylenes is 1. The number of piperidine rings is 1. The number of likely N-dealkylation sites (N-methyl/N-ethyl adjacent to an activating group) is 1. The van der Waals surface area contributed by atoms with Crippen molar-refractivity contribution in [2.45, 2.75) is 97.5 Å². The van der Waals surface area contributed by atoms with Gasteiger partial charge in [0.05, 0.1) is 18.3 Å². The minimum Gasteiger partial charge on any atom is -0.402 e. The fourth-order valence-corrected chi connectivity index (χ4v) is 6.31. The van der Waals surface area contributed by atoms with Crippen LogP contribution in [0.15, 0.2) is 72.3 Å². The normalized spacial score (nSPS) is 26.9. The lowest BCUT2D eigenvalue weighted by atomic mass is 9.62. The summed E-state index contributed by atoms with van der Waals surface area (Å²) in [6.45, 7) is 16.8. The third-order valence-electron chi connectivity index (χ3n) is 8.77. The van der Waals surface area contributed by atoms with E-state index in [4.69, 9.17) is 10.5 Å². The van der Waals surface area contributed by atoms with Gasteiger partial charge in [-0.2, -0.15) is 0 Å². The summed E-state index contributed by atoms with van der Waals surface area (Å²) in [5.74, 6) is 0.205. The highest BCUT2D eigenvalue weighted by atomic mass is 19.1. The highest BCUT2D eigenvalue weighted by Gasteiger charge is 2.49. The van der Waals surface area contributed by atoms with Gasteiger partial charge in [-0.1, -0.05) is 77.5 Å². The number of rotatable bonds is 10. The molecule has 2 aliphatic carbocycles. The maximum atomic E-state index is 13.7. The number of nitrogens with one attached hydrogen (secondary N) is 2. The van der Waals surface area contributed by atoms with Crippen molar-refractivity contribution in [1.82, 2.24) is 20.7 Å². The summed E-state index contributed by atoms with van der Waals surface area (Å²) in [4.78, 5) is 4.85. The highest BCUT2D eigenvalue weighted by Crippen LogP contribution is 2.51. The fraction of sp³-hybridized carbons (Fsp3) is 0.611. The van der Waals surface area contributed by atoms with Gasteiger partial charge in [-0.15, -0.1) is 19.4 Å². The van der Waals surface area contributed by atoms with Crippen LogP contribution < -0.4 is 16.6 Å². The van der Waals surface area contributed by atoms with Gasteiger partial charge in [0.15, 0.2) is 0 Å². The van der Waals surface area contributed by atoms with Crippen LogP contribution in [0.4, 0.5) is 4.39 Å². The molecule has 0 amide bonds. The number of allylic oxidation sites excluding steroid dienone is 6. The monoisotopic (exact) mass is 597 g/mol. The van der Waals surface area contributed by atoms with E-state index in [1.54, 1.807) is 19.3 Å². The van der Waals surface area contributed by atoms with E-state index in [-0.39, 0.29) is 24.1 Å². The molecule has 43 heavy (non-hydrogen) atoms. The van der Waals surface area contributed by atoms with Crippen LogP contribution in [0.25, 0.3) is 0 Å². The number of ether oxygens (including phenoxy) is 1. The topological polar surface area (TPSA) is 65.8 Å². The molecule has 3 fully saturated rings. The van der Waals surface area contributed by atoms with Crippen molar-refractivity contribution >= 4 is 0 Å². The summed E-state index contributed by atoms with van der Waals surface area (Å²) >= 11 is 0. The molecule has 2 heterocycles. The number of hydrogen-bond acceptors (Lipinski definition) is 6. The lowest BCUT2D eigenvalue weighted by Crippen LogP contribution is -2.70. The minimum atomic E-state index is -0.118. The first-order chi connectivity index (χ1) is 20.9. The highest BCUT2D eigenvalue weighted by molar-refractivity contribution is 5.27. The smallest absolute Gasteiger partial charge is 0.118 e. The van der Waals surface area contributed by atoms with Crippen molar-refractivity contribution in [2.75, 3.05) is 33.8 Å². The molecular weight excluding hydrogens is 537 g/mol. The van der Waals surface area contributed by atoms with Gasteiger partial charge >= 0.3 is 0 Å². The van der Waals surface area contributed by atoms with E-state index in [9.17, 15) is 4.39 Å². The Hall–Kier alpha value is -2.47. The van der Waals surface area contributed by atoms with Crippen LogP contribution in [0, 0.1) is 24.2 Å². The second-order valence-corrected chi connectivity index (χ2v) is 11.2. The summed E-state index contributed by atoms with van der Waals surface area (Å²) in [7, 11) is 3.82. The first-order valence-electron chi connectivity index (χ1n) is 16.2. The fourth-order valence-electron chi connectivity index (χ4n) is 6.31. The molecular formula is C36H60FN5O. The first kappa shape index (κ1) is 38.6. The summed E-state index contributed by atoms with van der Waals surface area (Å²) in [5, 5.41) is 0. The van der Waals surface area contributed by atoms with E-state index >= 15 is 0 Å². The Kier molecular flexibility index (Phi) is 18.4. The van der Waals surface area contributed by atoms with Crippen LogP contribution in [0.5, 0.6) is 0 Å². The lowest BCUT2D eigenvalue weighted by molar-refractivity contribution is -0.0462. The van der Waals surface area contributed by atoms with Gasteiger partial charge in [0.1, 0.15) is 5.83 Å². The largest absolute Gasteiger partial charge is 0.402 e. The average molecular weight is 598 g/mol. The zero-order chi connectivity index (χ0) is 32.4. The van der Waals surface area contributed by atoms with Gasteiger partial charge in [-0.25, -0.2) is 9.82 Å². The number of fused-ring (bicyclic) bond motifs is 1. The Morgan fingerprint density at radius 2 is 2.00 bits per heavy atom. The van der Waals surface area contributed by atoms with E-state index in [0.717, 1.165) is 44.6 Å². The van der Waals surface area contributed by atoms with Gasteiger partial charge in [-0.3, -0.25) is 15.2 Å². The van der Waals surface area contributed by atoms with Crippen LogP contribution in [-0.4, -0.2) is 67.9 Å². The third kappa shape index (κ3) is 10.6. The molecule has 0 aromatic rings. The second kappa shape index (κ2) is 20.5. The van der Waals surface area contributed by atoms with Crippen molar-refractivity contribution in [2.24, 2.45) is 17.1 Å². The van der Waals surface area contributed by atoms with Crippen LogP contribution >= 0.6 is 0 Å². The van der Waals surface area contributed by atoms with Gasteiger partial charge in [0.25, 0.3) is 0 Å². The Bertz CT molecular complexity index is 993. The number of hydrogen-bond donors (Lipinski definition) is 3. The molecule has 5 atom stereocenters. The Balaban J connectivity index is 0.00000145. The summed E-state index contributed by atoms with van der Waals surface area (Å²) in [6, 6.07) is 0.373. The van der Waals surface area contributed by atoms with E-state index in [1.807, 2.05) is 33.8 Å². The van der Waals surface area contributed by atoms with E-state index in [2.05, 4.69) is 84.4 Å². The van der Waals surface area contributed by atoms with Gasteiger partial charge in [-0.05, 0) is 68.2 Å². The first-order valence-corrected chi connectivity index (χ1v) is 16.2. The number of nitrogens with two attached hydrogens (primary N) is 1. The van der Waals surface area contributed by atoms with E-state index in [0.29, 0.717) is 17.4 Å². The van der Waals surface area contributed by atoms with Crippen molar-refractivity contribution in [3.8, 4) is 12.8 Å². The molecule has 2 saturated heterocycles. The minimum absolute atomic E-state index is 0.0341. The Morgan fingerprint density at radius 1 is 1.30 bits per heavy atom. The number of hydrazine groups is 1. The quantitative estimate of drug-likeness (QED) is 0.194. The molecule has 2 aliphatic heterocycles. The van der Waals surface area contributed by atoms with Gasteiger partial charge < -0.3 is 10.5 Å². The van der Waals surface area contributed by atoms with E-state index < -0.39 is 0 Å². The molecule has 4 aliphatic rings. The Morgan fingerprint density at radius 3 is 2.53 bits per heavy atom. The molecule has 0 bridgehead atoms. The van der Waals surface area contributed by atoms with Crippen molar-refractivity contribution < 1.29 is 9.13 Å². The molecule has 7 heteroatoms. The number of nitrogens with zero attached hydrogens (tertiary/aromatic N) is 2. The molecule has 5 unspecified atom stereocenters. The number of methoxy groups -OCH3 is 1. The molecule has 4 N–H and O–H groups in total. The summed E-state index contributed by atoms with van der Waals surface area (Å²) < 4.78 is 19.5. The molecule has 6 nitrogen and oxygen atoms in total. The maximum Gasteiger partial charge on any atom is 0.118 e. The Labute approximate surface area is 263 Å². The standard InChI is InChI=1S/C30H46FN5O.2C2H6.C2H2/c1-5-25(32)15-18-35(3)26(6-2)28(37-4)10-7-9-23-19-30(16-8-17-30)21-36-27(20-33-34-29(23)36)22-11-13-24(31)14-12-22;3*1-2/h6-7,9-11,13-15,22,26-29,33-34H,2,5,8,12,16-21,32H2,1,3-4H3;2*1-2H3;1-2H/b10-7+,23-9+,25-15-;;;. The van der Waals surface area contributed by atoms with Crippen LogP contribution in [-0.2, 0) is 4.74 Å². The zero-order valence-corrected chi connectivity index (χ0v) is 28.0. The lowest BCUT2D eigenvalue weighted by Gasteiger charge is -2.57. The van der Waals surface area contributed by atoms with Gasteiger partial charge in [0, 0.05) is 38.5 Å². The third-order valence-corrected chi connectivity index (χ3v) is 8.77. The molecule has 0 radical (unpaired) electrons.